The first-order chi connectivity index (χ1) is 9.13. The number of pyridine rings is 1. The number of rotatable bonds is 2. The molecular formula is C14H13BrNO3+. The molecule has 0 radical (unpaired) electrons. The molecule has 19 heavy (non-hydrogen) atoms. The second kappa shape index (κ2) is 4.49. The first-order valence-electron chi connectivity index (χ1n) is 6.04. The summed E-state index contributed by atoms with van der Waals surface area (Å²) in [6.07, 6.45) is -0.0247. The van der Waals surface area contributed by atoms with Crippen molar-refractivity contribution in [2.75, 3.05) is 5.33 Å². The second-order valence-electron chi connectivity index (χ2n) is 4.63. The van der Waals surface area contributed by atoms with E-state index in [1.54, 1.807) is 0 Å². The van der Waals surface area contributed by atoms with Gasteiger partial charge in [-0.1, -0.05) is 28.1 Å². The van der Waals surface area contributed by atoms with Gasteiger partial charge in [-0.15, -0.1) is 0 Å². The molecule has 2 heterocycles. The summed E-state index contributed by atoms with van der Waals surface area (Å²) >= 11 is 3.39. The summed E-state index contributed by atoms with van der Waals surface area (Å²) in [7, 11) is 0. The highest BCUT2D eigenvalue weighted by Gasteiger charge is 2.38. The molecule has 1 aliphatic heterocycles. The maximum absolute atomic E-state index is 11.5. The van der Waals surface area contributed by atoms with Crippen molar-refractivity contribution < 1.29 is 19.2 Å². The van der Waals surface area contributed by atoms with E-state index < -0.39 is 5.97 Å². The van der Waals surface area contributed by atoms with Crippen LogP contribution in [-0.2, 0) is 6.54 Å². The molecule has 1 aromatic carbocycles. The smallest absolute Gasteiger partial charge is 0.384 e. The normalized spacial score (nSPS) is 17.3. The number of alkyl halides is 1. The lowest BCUT2D eigenvalue weighted by Gasteiger charge is -2.06. The molecule has 0 bridgehead atoms. The van der Waals surface area contributed by atoms with E-state index in [-0.39, 0.29) is 11.7 Å². The van der Waals surface area contributed by atoms with Gasteiger partial charge in [0, 0.05) is 11.4 Å². The summed E-state index contributed by atoms with van der Waals surface area (Å²) in [5, 5.41) is 11.1. The van der Waals surface area contributed by atoms with Crippen molar-refractivity contribution in [3.63, 3.8) is 0 Å². The number of hydrogen-bond acceptors (Lipinski definition) is 2. The van der Waals surface area contributed by atoms with E-state index in [9.17, 15) is 9.90 Å². The molecule has 0 fully saturated rings. The number of aromatic nitrogens is 1. The molecule has 0 saturated carbocycles. The van der Waals surface area contributed by atoms with E-state index in [2.05, 4.69) is 15.9 Å². The number of fused-ring (bicyclic) bond motifs is 3. The highest BCUT2D eigenvalue weighted by atomic mass is 79.9. The number of ether oxygens (including phenoxy) is 1. The molecule has 0 saturated heterocycles. The van der Waals surface area contributed by atoms with Crippen LogP contribution in [-0.4, -0.2) is 22.5 Å². The number of halogens is 1. The lowest BCUT2D eigenvalue weighted by atomic mass is 10.0. The minimum Gasteiger partial charge on any atom is -0.477 e. The van der Waals surface area contributed by atoms with Crippen LogP contribution < -0.4 is 9.30 Å². The first-order valence-corrected chi connectivity index (χ1v) is 7.16. The highest BCUT2D eigenvalue weighted by Crippen LogP contribution is 2.30. The third-order valence-corrected chi connectivity index (χ3v) is 4.21. The average Bonchev–Trinajstić information content (AvgIpc) is 2.82. The van der Waals surface area contributed by atoms with E-state index >= 15 is 0 Å². The van der Waals surface area contributed by atoms with Crippen LogP contribution in [0.25, 0.3) is 10.9 Å². The van der Waals surface area contributed by atoms with Gasteiger partial charge in [0.2, 0.25) is 5.52 Å². The van der Waals surface area contributed by atoms with Crippen molar-refractivity contribution in [2.45, 2.75) is 19.6 Å². The predicted molar refractivity (Wildman–Crippen MR) is 74.0 cm³/mol. The Morgan fingerprint density at radius 3 is 2.95 bits per heavy atom. The minimum absolute atomic E-state index is 0.0247. The monoisotopic (exact) mass is 322 g/mol. The van der Waals surface area contributed by atoms with Gasteiger partial charge in [-0.2, -0.15) is 4.57 Å². The summed E-state index contributed by atoms with van der Waals surface area (Å²) in [6.45, 7) is 2.50. The zero-order valence-electron chi connectivity index (χ0n) is 10.4. The SMILES string of the molecule is Cc1c(C(=O)O)c2[n+](c3ccccc13)CC(CBr)O2. The molecule has 0 aliphatic carbocycles. The van der Waals surface area contributed by atoms with Gasteiger partial charge in [0.25, 0.3) is 0 Å². The van der Waals surface area contributed by atoms with Crippen LogP contribution in [0.5, 0.6) is 5.88 Å². The third-order valence-electron chi connectivity index (χ3n) is 3.48. The Morgan fingerprint density at radius 1 is 1.53 bits per heavy atom. The molecule has 1 aliphatic rings. The second-order valence-corrected chi connectivity index (χ2v) is 5.28. The minimum atomic E-state index is -0.942. The zero-order valence-corrected chi connectivity index (χ0v) is 12.0. The van der Waals surface area contributed by atoms with Crippen LogP contribution in [0.1, 0.15) is 15.9 Å². The van der Waals surface area contributed by atoms with Crippen molar-refractivity contribution in [3.05, 3.63) is 35.4 Å². The fourth-order valence-corrected chi connectivity index (χ4v) is 2.94. The molecule has 1 atom stereocenters. The van der Waals surface area contributed by atoms with E-state index in [4.69, 9.17) is 4.74 Å². The number of aryl methyl sites for hydroxylation is 1. The highest BCUT2D eigenvalue weighted by molar-refractivity contribution is 9.09. The maximum atomic E-state index is 11.5. The van der Waals surface area contributed by atoms with Gasteiger partial charge in [0.15, 0.2) is 18.2 Å². The molecule has 1 aromatic heterocycles. The topological polar surface area (TPSA) is 50.4 Å². The third kappa shape index (κ3) is 1.80. The number of hydrogen-bond donors (Lipinski definition) is 1. The number of nitrogens with zero attached hydrogens (tertiary/aromatic N) is 1. The zero-order chi connectivity index (χ0) is 13.6. The van der Waals surface area contributed by atoms with Crippen LogP contribution in [0.4, 0.5) is 0 Å². The first kappa shape index (κ1) is 12.4. The Bertz CT molecular complexity index is 684. The fourth-order valence-electron chi connectivity index (χ4n) is 2.60. The summed E-state index contributed by atoms with van der Waals surface area (Å²) in [5.41, 5.74) is 2.04. The summed E-state index contributed by atoms with van der Waals surface area (Å²) in [5.74, 6) is -0.477. The largest absolute Gasteiger partial charge is 0.477 e. The summed E-state index contributed by atoms with van der Waals surface area (Å²) in [4.78, 5) is 11.5. The van der Waals surface area contributed by atoms with Crippen LogP contribution in [0.3, 0.4) is 0 Å². The molecular weight excluding hydrogens is 310 g/mol. The molecule has 0 amide bonds. The van der Waals surface area contributed by atoms with Crippen LogP contribution in [0.15, 0.2) is 24.3 Å². The Kier molecular flexibility index (Phi) is 2.93. The average molecular weight is 323 g/mol. The molecule has 2 aromatic rings. The quantitative estimate of drug-likeness (QED) is 0.681. The standard InChI is InChI=1S/C14H12BrNO3/c1-8-10-4-2-3-5-11(10)16-7-9(6-15)19-13(16)12(8)14(17)18/h2-5,9H,6-7H2,1H3/p+1. The Morgan fingerprint density at radius 2 is 2.26 bits per heavy atom. The molecule has 1 N–H and O–H groups in total. The van der Waals surface area contributed by atoms with E-state index in [0.717, 1.165) is 16.5 Å². The van der Waals surface area contributed by atoms with Gasteiger partial charge >= 0.3 is 11.8 Å². The van der Waals surface area contributed by atoms with E-state index in [1.165, 1.54) is 0 Å². The molecule has 1 unspecified atom stereocenters. The van der Waals surface area contributed by atoms with Crippen molar-refractivity contribution in [2.24, 2.45) is 0 Å². The predicted octanol–water partition coefficient (Wildman–Crippen LogP) is 2.29. The molecule has 5 heteroatoms. The summed E-state index contributed by atoms with van der Waals surface area (Å²) in [6, 6.07) is 7.83. The Labute approximate surface area is 118 Å². The van der Waals surface area contributed by atoms with Gasteiger partial charge < -0.3 is 9.84 Å². The maximum Gasteiger partial charge on any atom is 0.384 e. The Balaban J connectivity index is 2.38. The van der Waals surface area contributed by atoms with E-state index in [0.29, 0.717) is 17.8 Å². The number of aromatic carboxylic acids is 1. The van der Waals surface area contributed by atoms with Gasteiger partial charge in [-0.05, 0) is 18.6 Å². The lowest BCUT2D eigenvalue weighted by Crippen LogP contribution is -2.35. The fraction of sp³-hybridized carbons (Fsp3) is 0.286. The molecule has 4 nitrogen and oxygen atoms in total. The van der Waals surface area contributed by atoms with Gasteiger partial charge in [-0.25, -0.2) is 4.79 Å². The number of carbonyl (C=O) groups is 1. The van der Waals surface area contributed by atoms with Crippen molar-refractivity contribution >= 4 is 32.8 Å². The van der Waals surface area contributed by atoms with E-state index in [1.807, 2.05) is 35.8 Å². The number of carboxylic acid groups (broad SMARTS) is 1. The van der Waals surface area contributed by atoms with Crippen molar-refractivity contribution in [1.82, 2.24) is 0 Å². The molecule has 3 rings (SSSR count). The lowest BCUT2D eigenvalue weighted by molar-refractivity contribution is -0.655. The van der Waals surface area contributed by atoms with Gasteiger partial charge in [0.05, 0.1) is 5.39 Å². The van der Waals surface area contributed by atoms with Gasteiger partial charge in [-0.3, -0.25) is 0 Å². The van der Waals surface area contributed by atoms with Crippen LogP contribution in [0.2, 0.25) is 0 Å². The number of benzene rings is 1. The molecule has 98 valence electrons. The van der Waals surface area contributed by atoms with Gasteiger partial charge in [0.1, 0.15) is 0 Å². The number of carboxylic acids is 1. The Hall–Kier alpha value is -1.62. The summed E-state index contributed by atoms with van der Waals surface area (Å²) < 4.78 is 7.73. The van der Waals surface area contributed by atoms with Crippen molar-refractivity contribution in [3.8, 4) is 5.88 Å². The number of para-hydroxylation sites is 1. The van der Waals surface area contributed by atoms with Crippen LogP contribution in [0, 0.1) is 6.92 Å². The van der Waals surface area contributed by atoms with Crippen LogP contribution >= 0.6 is 15.9 Å². The van der Waals surface area contributed by atoms with Crippen molar-refractivity contribution in [1.29, 1.82) is 0 Å². The molecule has 0 spiro atoms.